The first-order chi connectivity index (χ1) is 6.76. The van der Waals surface area contributed by atoms with Crippen LogP contribution in [0.25, 0.3) is 0 Å². The lowest BCUT2D eigenvalue weighted by molar-refractivity contribution is 0.143. The Morgan fingerprint density at radius 2 is 2.43 bits per heavy atom. The first-order valence-corrected chi connectivity index (χ1v) is 6.28. The van der Waals surface area contributed by atoms with Crippen molar-refractivity contribution < 1.29 is 9.84 Å². The SMILES string of the molecule is COCC(CCO)NC1CSC(C)C1. The average Bonchev–Trinajstić information content (AvgIpc) is 2.52. The van der Waals surface area contributed by atoms with Gasteiger partial charge in [0.1, 0.15) is 0 Å². The maximum absolute atomic E-state index is 8.89. The molecule has 1 fully saturated rings. The van der Waals surface area contributed by atoms with E-state index in [9.17, 15) is 0 Å². The van der Waals surface area contributed by atoms with E-state index < -0.39 is 0 Å². The van der Waals surface area contributed by atoms with Gasteiger partial charge in [-0.2, -0.15) is 11.8 Å². The van der Waals surface area contributed by atoms with Crippen LogP contribution in [0.1, 0.15) is 19.8 Å². The third kappa shape index (κ3) is 4.17. The van der Waals surface area contributed by atoms with Gasteiger partial charge in [0.15, 0.2) is 0 Å². The van der Waals surface area contributed by atoms with Gasteiger partial charge >= 0.3 is 0 Å². The number of thioether (sulfide) groups is 1. The molecule has 0 aromatic heterocycles. The number of rotatable bonds is 6. The van der Waals surface area contributed by atoms with E-state index in [0.717, 1.165) is 11.7 Å². The zero-order chi connectivity index (χ0) is 10.4. The molecule has 84 valence electrons. The summed E-state index contributed by atoms with van der Waals surface area (Å²) in [6.45, 7) is 3.19. The summed E-state index contributed by atoms with van der Waals surface area (Å²) in [7, 11) is 1.71. The van der Waals surface area contributed by atoms with E-state index in [-0.39, 0.29) is 6.61 Å². The maximum atomic E-state index is 8.89. The second-order valence-corrected chi connectivity index (χ2v) is 5.38. The van der Waals surface area contributed by atoms with E-state index >= 15 is 0 Å². The minimum absolute atomic E-state index is 0.233. The van der Waals surface area contributed by atoms with Crippen molar-refractivity contribution in [2.75, 3.05) is 26.1 Å². The van der Waals surface area contributed by atoms with Gasteiger partial charge in [-0.05, 0) is 12.8 Å². The van der Waals surface area contributed by atoms with Crippen LogP contribution in [0.5, 0.6) is 0 Å². The fraction of sp³-hybridized carbons (Fsp3) is 1.00. The zero-order valence-corrected chi connectivity index (χ0v) is 9.85. The third-order valence-electron chi connectivity index (χ3n) is 2.52. The monoisotopic (exact) mass is 219 g/mol. The van der Waals surface area contributed by atoms with E-state index in [1.165, 1.54) is 12.2 Å². The van der Waals surface area contributed by atoms with Crippen LogP contribution >= 0.6 is 11.8 Å². The molecule has 3 atom stereocenters. The number of nitrogens with one attached hydrogen (secondary N) is 1. The van der Waals surface area contributed by atoms with Crippen LogP contribution in [0, 0.1) is 0 Å². The molecule has 4 heteroatoms. The highest BCUT2D eigenvalue weighted by molar-refractivity contribution is 8.00. The van der Waals surface area contributed by atoms with Crippen molar-refractivity contribution in [3.8, 4) is 0 Å². The van der Waals surface area contributed by atoms with Crippen molar-refractivity contribution in [1.29, 1.82) is 0 Å². The fourth-order valence-corrected chi connectivity index (χ4v) is 3.00. The van der Waals surface area contributed by atoms with Crippen molar-refractivity contribution in [3.05, 3.63) is 0 Å². The Kier molecular flexibility index (Phi) is 5.86. The van der Waals surface area contributed by atoms with E-state index in [4.69, 9.17) is 9.84 Å². The van der Waals surface area contributed by atoms with Gasteiger partial charge in [0, 0.05) is 36.8 Å². The average molecular weight is 219 g/mol. The van der Waals surface area contributed by atoms with E-state index in [0.29, 0.717) is 18.7 Å². The molecular formula is C10H21NO2S. The third-order valence-corrected chi connectivity index (χ3v) is 3.87. The first-order valence-electron chi connectivity index (χ1n) is 5.23. The second kappa shape index (κ2) is 6.67. The molecule has 0 spiro atoms. The van der Waals surface area contributed by atoms with Crippen LogP contribution in [0.2, 0.25) is 0 Å². The Labute approximate surface area is 90.6 Å². The molecule has 0 radical (unpaired) electrons. The highest BCUT2D eigenvalue weighted by atomic mass is 32.2. The number of aliphatic hydroxyl groups excluding tert-OH is 1. The molecule has 1 rings (SSSR count). The molecule has 14 heavy (non-hydrogen) atoms. The summed E-state index contributed by atoms with van der Waals surface area (Å²) >= 11 is 2.02. The summed E-state index contributed by atoms with van der Waals surface area (Å²) in [6.07, 6.45) is 2.01. The number of aliphatic hydroxyl groups is 1. The van der Waals surface area contributed by atoms with E-state index in [1.807, 2.05) is 11.8 Å². The maximum Gasteiger partial charge on any atom is 0.0616 e. The van der Waals surface area contributed by atoms with Gasteiger partial charge in [0.25, 0.3) is 0 Å². The van der Waals surface area contributed by atoms with Crippen LogP contribution in [-0.2, 0) is 4.74 Å². The summed E-state index contributed by atoms with van der Waals surface area (Å²) in [4.78, 5) is 0. The van der Waals surface area contributed by atoms with Crippen molar-refractivity contribution in [3.63, 3.8) is 0 Å². The summed E-state index contributed by atoms with van der Waals surface area (Å²) in [5, 5.41) is 13.2. The van der Waals surface area contributed by atoms with Crippen molar-refractivity contribution in [2.45, 2.75) is 37.1 Å². The first kappa shape index (κ1) is 12.3. The van der Waals surface area contributed by atoms with Gasteiger partial charge in [-0.3, -0.25) is 0 Å². The van der Waals surface area contributed by atoms with Gasteiger partial charge in [-0.1, -0.05) is 6.92 Å². The Morgan fingerprint density at radius 3 is 2.93 bits per heavy atom. The van der Waals surface area contributed by atoms with E-state index in [1.54, 1.807) is 7.11 Å². The minimum atomic E-state index is 0.233. The lowest BCUT2D eigenvalue weighted by Crippen LogP contribution is -2.41. The molecule has 0 aliphatic carbocycles. The minimum Gasteiger partial charge on any atom is -0.396 e. The largest absolute Gasteiger partial charge is 0.396 e. The quantitative estimate of drug-likeness (QED) is 0.695. The topological polar surface area (TPSA) is 41.5 Å². The molecular weight excluding hydrogens is 198 g/mol. The van der Waals surface area contributed by atoms with Crippen LogP contribution in [0.4, 0.5) is 0 Å². The number of methoxy groups -OCH3 is 1. The lowest BCUT2D eigenvalue weighted by Gasteiger charge is -2.21. The van der Waals surface area contributed by atoms with Crippen LogP contribution < -0.4 is 5.32 Å². The summed E-state index contributed by atoms with van der Waals surface area (Å²) in [5.41, 5.74) is 0. The Balaban J connectivity index is 2.24. The Morgan fingerprint density at radius 1 is 1.64 bits per heavy atom. The van der Waals surface area contributed by atoms with Crippen molar-refractivity contribution in [1.82, 2.24) is 5.32 Å². The van der Waals surface area contributed by atoms with Gasteiger partial charge < -0.3 is 15.2 Å². The lowest BCUT2D eigenvalue weighted by atomic mass is 10.1. The van der Waals surface area contributed by atoms with Crippen LogP contribution in [0.3, 0.4) is 0 Å². The predicted octanol–water partition coefficient (Wildman–Crippen LogP) is 0.867. The molecule has 0 aromatic rings. The molecule has 1 saturated heterocycles. The highest BCUT2D eigenvalue weighted by Gasteiger charge is 2.23. The molecule has 0 bridgehead atoms. The summed E-state index contributed by atoms with van der Waals surface area (Å²) < 4.78 is 5.11. The zero-order valence-electron chi connectivity index (χ0n) is 9.03. The Bertz CT molecular complexity index is 151. The highest BCUT2D eigenvalue weighted by Crippen LogP contribution is 2.26. The standard InChI is InChI=1S/C10H21NO2S/c1-8-5-10(7-14-8)11-9(3-4-12)6-13-2/h8-12H,3-7H2,1-2H3. The molecule has 0 aromatic carbocycles. The van der Waals surface area contributed by atoms with Crippen LogP contribution in [0.15, 0.2) is 0 Å². The molecule has 2 N–H and O–H groups in total. The smallest absolute Gasteiger partial charge is 0.0616 e. The summed E-state index contributed by atoms with van der Waals surface area (Å²) in [5.74, 6) is 1.19. The van der Waals surface area contributed by atoms with Crippen LogP contribution in [-0.4, -0.2) is 48.5 Å². The fourth-order valence-electron chi connectivity index (χ4n) is 1.84. The van der Waals surface area contributed by atoms with Gasteiger partial charge in [-0.25, -0.2) is 0 Å². The Hall–Kier alpha value is 0.230. The molecule has 1 aliphatic heterocycles. The molecule has 1 aliphatic rings. The van der Waals surface area contributed by atoms with Gasteiger partial charge in [0.05, 0.1) is 6.61 Å². The number of ether oxygens (including phenoxy) is 1. The predicted molar refractivity (Wildman–Crippen MR) is 60.8 cm³/mol. The molecule has 0 saturated carbocycles. The normalized spacial score (nSPS) is 29.4. The van der Waals surface area contributed by atoms with Gasteiger partial charge in [-0.15, -0.1) is 0 Å². The van der Waals surface area contributed by atoms with Crippen molar-refractivity contribution >= 4 is 11.8 Å². The molecule has 3 nitrogen and oxygen atoms in total. The molecule has 1 heterocycles. The number of hydrogen-bond acceptors (Lipinski definition) is 4. The van der Waals surface area contributed by atoms with Crippen molar-refractivity contribution in [2.24, 2.45) is 0 Å². The number of hydrogen-bond donors (Lipinski definition) is 2. The summed E-state index contributed by atoms with van der Waals surface area (Å²) in [6, 6.07) is 0.905. The molecule has 0 amide bonds. The van der Waals surface area contributed by atoms with E-state index in [2.05, 4.69) is 12.2 Å². The van der Waals surface area contributed by atoms with Gasteiger partial charge in [0.2, 0.25) is 0 Å². The second-order valence-electron chi connectivity index (χ2n) is 3.91. The molecule has 3 unspecified atom stereocenters.